The predicted octanol–water partition coefficient (Wildman–Crippen LogP) is 4.82. The summed E-state index contributed by atoms with van der Waals surface area (Å²) in [4.78, 5) is 22.5. The van der Waals surface area contributed by atoms with Crippen molar-refractivity contribution >= 4 is 17.1 Å². The number of hydrogen-bond acceptors (Lipinski definition) is 5. The van der Waals surface area contributed by atoms with Gasteiger partial charge in [-0.2, -0.15) is 5.11 Å². The predicted molar refractivity (Wildman–Crippen MR) is 98.2 cm³/mol. The maximum atomic E-state index is 12.0. The molecule has 2 N–H and O–H groups in total. The van der Waals surface area contributed by atoms with Gasteiger partial charge in [-0.05, 0) is 23.6 Å². The van der Waals surface area contributed by atoms with Crippen LogP contribution < -0.4 is 5.56 Å². The Morgan fingerprint density at radius 2 is 1.77 bits per heavy atom. The van der Waals surface area contributed by atoms with Crippen molar-refractivity contribution in [2.45, 2.75) is 19.8 Å². The first-order chi connectivity index (χ1) is 12.5. The second-order valence-electron chi connectivity index (χ2n) is 6.06. The smallest absolute Gasteiger partial charge is 0.292 e. The molecule has 1 aromatic heterocycles. The Morgan fingerprint density at radius 3 is 2.42 bits per heavy atom. The molecule has 0 saturated carbocycles. The third kappa shape index (κ3) is 3.59. The molecule has 1 heterocycles. The number of azo groups is 1. The highest BCUT2D eigenvalue weighted by Crippen LogP contribution is 2.29. The Kier molecular flexibility index (Phi) is 4.74. The SMILES string of the molecule is CC(C)c1ccc(N=Nc2c(-c3cccc([N+](=O)[O-])c3)[nH][nH]c2=O)cc1. The van der Waals surface area contributed by atoms with Gasteiger partial charge < -0.3 is 0 Å². The van der Waals surface area contributed by atoms with E-state index < -0.39 is 10.5 Å². The molecule has 0 aliphatic heterocycles. The van der Waals surface area contributed by atoms with Gasteiger partial charge in [0.15, 0.2) is 5.69 Å². The molecule has 0 fully saturated rings. The van der Waals surface area contributed by atoms with Gasteiger partial charge >= 0.3 is 0 Å². The van der Waals surface area contributed by atoms with Gasteiger partial charge in [0, 0.05) is 17.7 Å². The van der Waals surface area contributed by atoms with E-state index in [0.717, 1.165) is 0 Å². The lowest BCUT2D eigenvalue weighted by atomic mass is 10.0. The van der Waals surface area contributed by atoms with E-state index in [2.05, 4.69) is 34.3 Å². The Morgan fingerprint density at radius 1 is 1.04 bits per heavy atom. The Hall–Kier alpha value is -3.55. The number of nitrogens with zero attached hydrogens (tertiary/aromatic N) is 3. The minimum atomic E-state index is -0.494. The van der Waals surface area contributed by atoms with Crippen LogP contribution in [0.2, 0.25) is 0 Å². The standard InChI is InChI=1S/C18H17N5O3/c1-11(2)12-6-8-14(9-7-12)19-21-17-16(20-22-18(17)24)13-4-3-5-15(10-13)23(25)26/h3-11H,1-2H3,(H2,20,22,24). The van der Waals surface area contributed by atoms with Crippen LogP contribution in [0.1, 0.15) is 25.3 Å². The fraction of sp³-hybridized carbons (Fsp3) is 0.167. The lowest BCUT2D eigenvalue weighted by Gasteiger charge is -2.04. The molecule has 3 aromatic rings. The van der Waals surface area contributed by atoms with E-state index in [-0.39, 0.29) is 11.4 Å². The van der Waals surface area contributed by atoms with E-state index in [9.17, 15) is 14.9 Å². The second kappa shape index (κ2) is 7.14. The van der Waals surface area contributed by atoms with Crippen LogP contribution in [0.4, 0.5) is 17.1 Å². The van der Waals surface area contributed by atoms with Crippen LogP contribution >= 0.6 is 0 Å². The van der Waals surface area contributed by atoms with Crippen LogP contribution in [0.25, 0.3) is 11.3 Å². The minimum Gasteiger partial charge on any atom is -0.295 e. The molecule has 0 radical (unpaired) electrons. The van der Waals surface area contributed by atoms with Crippen LogP contribution in [0, 0.1) is 10.1 Å². The molecular formula is C18H17N5O3. The van der Waals surface area contributed by atoms with E-state index >= 15 is 0 Å². The maximum Gasteiger partial charge on any atom is 0.292 e. The first kappa shape index (κ1) is 17.3. The molecule has 8 nitrogen and oxygen atoms in total. The summed E-state index contributed by atoms with van der Waals surface area (Å²) in [5.74, 6) is 0.411. The molecular weight excluding hydrogens is 334 g/mol. The summed E-state index contributed by atoms with van der Waals surface area (Å²) in [6.07, 6.45) is 0. The van der Waals surface area contributed by atoms with E-state index in [0.29, 0.717) is 22.9 Å². The molecule has 8 heteroatoms. The topological polar surface area (TPSA) is 117 Å². The van der Waals surface area contributed by atoms with E-state index in [1.165, 1.54) is 17.7 Å². The lowest BCUT2D eigenvalue weighted by molar-refractivity contribution is -0.384. The molecule has 0 saturated heterocycles. The molecule has 0 unspecified atom stereocenters. The Labute approximate surface area is 148 Å². The maximum absolute atomic E-state index is 12.0. The summed E-state index contributed by atoms with van der Waals surface area (Å²) in [7, 11) is 0. The quantitative estimate of drug-likeness (QED) is 0.390. The van der Waals surface area contributed by atoms with Crippen LogP contribution in [-0.2, 0) is 0 Å². The van der Waals surface area contributed by atoms with Crippen molar-refractivity contribution in [1.82, 2.24) is 10.2 Å². The Balaban J connectivity index is 1.94. The molecule has 0 aliphatic carbocycles. The monoisotopic (exact) mass is 351 g/mol. The van der Waals surface area contributed by atoms with Crippen LogP contribution in [0.5, 0.6) is 0 Å². The zero-order chi connectivity index (χ0) is 18.7. The number of aromatic nitrogens is 2. The van der Waals surface area contributed by atoms with Gasteiger partial charge in [-0.25, -0.2) is 0 Å². The van der Waals surface area contributed by atoms with Gasteiger partial charge in [0.05, 0.1) is 16.3 Å². The molecule has 0 atom stereocenters. The van der Waals surface area contributed by atoms with E-state index in [1.54, 1.807) is 12.1 Å². The van der Waals surface area contributed by atoms with Crippen LogP contribution in [0.3, 0.4) is 0 Å². The normalized spacial score (nSPS) is 11.3. The first-order valence-corrected chi connectivity index (χ1v) is 8.03. The summed E-state index contributed by atoms with van der Waals surface area (Å²) in [5.41, 5.74) is 2.16. The molecule has 132 valence electrons. The first-order valence-electron chi connectivity index (χ1n) is 8.03. The van der Waals surface area contributed by atoms with Crippen LogP contribution in [-0.4, -0.2) is 15.1 Å². The molecule has 0 bridgehead atoms. The number of aromatic amines is 2. The zero-order valence-corrected chi connectivity index (χ0v) is 14.3. The highest BCUT2D eigenvalue weighted by Gasteiger charge is 2.14. The van der Waals surface area contributed by atoms with Crippen molar-refractivity contribution < 1.29 is 4.92 Å². The summed E-state index contributed by atoms with van der Waals surface area (Å²) < 4.78 is 0. The molecule has 0 spiro atoms. The van der Waals surface area contributed by atoms with Crippen molar-refractivity contribution in [2.75, 3.05) is 0 Å². The number of rotatable bonds is 5. The summed E-state index contributed by atoms with van der Waals surface area (Å²) in [6.45, 7) is 4.20. The zero-order valence-electron chi connectivity index (χ0n) is 14.3. The minimum absolute atomic E-state index is 0.0680. The van der Waals surface area contributed by atoms with Gasteiger partial charge in [0.1, 0.15) is 0 Å². The van der Waals surface area contributed by atoms with Crippen LogP contribution in [0.15, 0.2) is 63.6 Å². The molecule has 0 aliphatic rings. The fourth-order valence-corrected chi connectivity index (χ4v) is 2.46. The van der Waals surface area contributed by atoms with Crippen molar-refractivity contribution in [3.8, 4) is 11.3 Å². The Bertz CT molecular complexity index is 1020. The molecule has 2 aromatic carbocycles. The number of hydrogen-bond donors (Lipinski definition) is 2. The number of non-ortho nitro benzene ring substituents is 1. The van der Waals surface area contributed by atoms with E-state index in [1.807, 2.05) is 24.3 Å². The lowest BCUT2D eigenvalue weighted by Crippen LogP contribution is -1.96. The average molecular weight is 351 g/mol. The molecule has 0 amide bonds. The third-order valence-electron chi connectivity index (χ3n) is 3.92. The second-order valence-corrected chi connectivity index (χ2v) is 6.06. The fourth-order valence-electron chi connectivity index (χ4n) is 2.46. The van der Waals surface area contributed by atoms with Gasteiger partial charge in [-0.1, -0.05) is 38.1 Å². The van der Waals surface area contributed by atoms with Gasteiger partial charge in [-0.15, -0.1) is 5.11 Å². The van der Waals surface area contributed by atoms with Gasteiger partial charge in [-0.3, -0.25) is 25.1 Å². The molecule has 3 rings (SSSR count). The van der Waals surface area contributed by atoms with Gasteiger partial charge in [0.25, 0.3) is 11.2 Å². The third-order valence-corrected chi connectivity index (χ3v) is 3.92. The highest BCUT2D eigenvalue weighted by atomic mass is 16.6. The van der Waals surface area contributed by atoms with Crippen molar-refractivity contribution in [2.24, 2.45) is 10.2 Å². The van der Waals surface area contributed by atoms with Gasteiger partial charge in [0.2, 0.25) is 0 Å². The number of nitro groups is 1. The number of nitro benzene ring substituents is 1. The number of benzene rings is 2. The summed E-state index contributed by atoms with van der Waals surface area (Å²) in [6, 6.07) is 13.5. The number of nitrogens with one attached hydrogen (secondary N) is 2. The summed E-state index contributed by atoms with van der Waals surface area (Å²) in [5, 5.41) is 24.2. The van der Waals surface area contributed by atoms with E-state index in [4.69, 9.17) is 0 Å². The van der Waals surface area contributed by atoms with Crippen molar-refractivity contribution in [3.63, 3.8) is 0 Å². The molecule has 26 heavy (non-hydrogen) atoms. The summed E-state index contributed by atoms with van der Waals surface area (Å²) >= 11 is 0. The number of H-pyrrole nitrogens is 2. The largest absolute Gasteiger partial charge is 0.295 e. The average Bonchev–Trinajstić information content (AvgIpc) is 3.01. The highest BCUT2D eigenvalue weighted by molar-refractivity contribution is 5.72. The van der Waals surface area contributed by atoms with Crippen molar-refractivity contribution in [1.29, 1.82) is 0 Å². The van der Waals surface area contributed by atoms with Crippen molar-refractivity contribution in [3.05, 3.63) is 74.6 Å².